The Morgan fingerprint density at radius 2 is 1.98 bits per heavy atom. The highest BCUT2D eigenvalue weighted by molar-refractivity contribution is 7.37. The number of pyridine rings is 1. The van der Waals surface area contributed by atoms with Crippen molar-refractivity contribution in [2.24, 2.45) is 0 Å². The highest BCUT2D eigenvalue weighted by Crippen LogP contribution is 2.36. The molecule has 0 spiro atoms. The van der Waals surface area contributed by atoms with Gasteiger partial charge in [0.2, 0.25) is 18.0 Å². The quantitative estimate of drug-likeness (QED) is 0.393. The number of hydrogen-bond acceptors (Lipinski definition) is 6. The third-order valence-corrected chi connectivity index (χ3v) is 10.5. The molecule has 6 rings (SSSR count). The Labute approximate surface area is 243 Å². The minimum Gasteiger partial charge on any atom is -0.340 e. The van der Waals surface area contributed by atoms with Crippen molar-refractivity contribution in [2.45, 2.75) is 75.7 Å². The molecule has 0 radical (unpaired) electrons. The average molecular weight is 594 g/mol. The first-order valence-corrected chi connectivity index (χ1v) is 16.5. The van der Waals surface area contributed by atoms with Crippen LogP contribution < -0.4 is 5.32 Å². The van der Waals surface area contributed by atoms with Gasteiger partial charge in [0.05, 0.1) is 4.88 Å². The van der Waals surface area contributed by atoms with Crippen molar-refractivity contribution in [3.63, 3.8) is 0 Å². The largest absolute Gasteiger partial charge is 0.510 e. The maximum Gasteiger partial charge on any atom is 0.510 e. The summed E-state index contributed by atoms with van der Waals surface area (Å²) in [6.07, 6.45) is 8.36. The molecule has 2 aromatic heterocycles. The number of carbonyl (C=O) groups excluding carboxylic acids is 3. The number of aromatic nitrogens is 1. The molecule has 3 saturated heterocycles. The van der Waals surface area contributed by atoms with Crippen LogP contribution in [0.5, 0.6) is 0 Å². The molecule has 0 bridgehead atoms. The molecule has 9 nitrogen and oxygen atoms in total. The normalized spacial score (nSPS) is 23.2. The number of carbonyl (C=O) groups is 3. The SMILES string of the molecule is CCc1ccncc1C1CN(C(=O)[C@@H]2CC[C@@H]3CCC[C@H](NC(=O)c4cc5cc(C[P+](=O)O)ccc5s4)C(=O)N32)C1. The zero-order chi connectivity index (χ0) is 28.7. The Bertz CT molecular complexity index is 1520. The van der Waals surface area contributed by atoms with Crippen molar-refractivity contribution in [1.29, 1.82) is 0 Å². The first kappa shape index (κ1) is 27.9. The predicted molar refractivity (Wildman–Crippen MR) is 157 cm³/mol. The summed E-state index contributed by atoms with van der Waals surface area (Å²) in [5.74, 6) is -0.190. The van der Waals surface area contributed by atoms with Gasteiger partial charge in [-0.25, -0.2) is 0 Å². The molecule has 0 saturated carbocycles. The summed E-state index contributed by atoms with van der Waals surface area (Å²) in [4.78, 5) is 58.3. The Morgan fingerprint density at radius 3 is 2.76 bits per heavy atom. The van der Waals surface area contributed by atoms with Crippen LogP contribution in [0.4, 0.5) is 0 Å². The van der Waals surface area contributed by atoms with Crippen molar-refractivity contribution in [2.75, 3.05) is 13.1 Å². The van der Waals surface area contributed by atoms with E-state index in [-0.39, 0.29) is 35.8 Å². The average Bonchev–Trinajstić information content (AvgIpc) is 3.52. The highest BCUT2D eigenvalue weighted by atomic mass is 32.1. The summed E-state index contributed by atoms with van der Waals surface area (Å²) < 4.78 is 12.1. The second kappa shape index (κ2) is 11.6. The van der Waals surface area contributed by atoms with Crippen molar-refractivity contribution < 1.29 is 23.8 Å². The Morgan fingerprint density at radius 1 is 1.15 bits per heavy atom. The maximum atomic E-state index is 13.8. The molecule has 2 N–H and O–H groups in total. The fourth-order valence-corrected chi connectivity index (χ4v) is 8.07. The lowest BCUT2D eigenvalue weighted by Gasteiger charge is -2.43. The summed E-state index contributed by atoms with van der Waals surface area (Å²) in [6, 6.07) is 8.16. The molecular weight excluding hydrogens is 559 g/mol. The molecule has 3 fully saturated rings. The number of aryl methyl sites for hydroxylation is 1. The van der Waals surface area contributed by atoms with E-state index < -0.39 is 20.1 Å². The highest BCUT2D eigenvalue weighted by Gasteiger charge is 2.47. The molecule has 3 amide bonds. The third kappa shape index (κ3) is 5.53. The van der Waals surface area contributed by atoms with E-state index in [0.717, 1.165) is 41.3 Å². The van der Waals surface area contributed by atoms with Crippen LogP contribution in [-0.4, -0.2) is 68.6 Å². The van der Waals surface area contributed by atoms with Gasteiger partial charge >= 0.3 is 8.03 Å². The van der Waals surface area contributed by atoms with Crippen LogP contribution in [0.25, 0.3) is 10.1 Å². The first-order valence-electron chi connectivity index (χ1n) is 14.3. The van der Waals surface area contributed by atoms with Crippen molar-refractivity contribution in [1.82, 2.24) is 20.1 Å². The zero-order valence-electron chi connectivity index (χ0n) is 23.0. The van der Waals surface area contributed by atoms with Gasteiger partial charge in [0.15, 0.2) is 0 Å². The third-order valence-electron chi connectivity index (χ3n) is 8.76. The van der Waals surface area contributed by atoms with Gasteiger partial charge in [-0.2, -0.15) is 4.89 Å². The van der Waals surface area contributed by atoms with Gasteiger partial charge in [0.1, 0.15) is 12.1 Å². The Balaban J connectivity index is 1.13. The fourth-order valence-electron chi connectivity index (χ4n) is 6.62. The molecular formula is C30H34N4O5PS+. The molecule has 3 aliphatic heterocycles. The summed E-state index contributed by atoms with van der Waals surface area (Å²) in [7, 11) is -2.29. The van der Waals surface area contributed by atoms with E-state index in [2.05, 4.69) is 17.2 Å². The van der Waals surface area contributed by atoms with Crippen LogP contribution in [0.1, 0.15) is 71.3 Å². The number of hydrogen-bond donors (Lipinski definition) is 2. The molecule has 0 aliphatic carbocycles. The van der Waals surface area contributed by atoms with E-state index in [9.17, 15) is 23.8 Å². The number of rotatable bonds is 7. The van der Waals surface area contributed by atoms with Gasteiger partial charge in [-0.1, -0.05) is 13.0 Å². The van der Waals surface area contributed by atoms with Crippen LogP contribution in [0.15, 0.2) is 42.7 Å². The van der Waals surface area contributed by atoms with Gasteiger partial charge in [-0.05, 0) is 83.9 Å². The number of amides is 3. The standard InChI is InChI=1S/C30H33N4O5PS/c1-2-19-10-11-31-14-23(19)21-15-33(16-21)30(37)25-8-7-22-4-3-5-24(29(36)34(22)25)32-28(35)27-13-20-12-18(17-40(38)39)6-9-26(20)41-27/h6,9-14,21-22,24-25H,2-5,7-8,15-17H2,1H3,(H-,32,35,38,39)/p+1/t22-,24-,25-/m0/s1. The number of nitrogens with zero attached hydrogens (tertiary/aromatic N) is 3. The lowest BCUT2D eigenvalue weighted by atomic mass is 9.88. The summed E-state index contributed by atoms with van der Waals surface area (Å²) in [5, 5.41) is 3.80. The van der Waals surface area contributed by atoms with Crippen molar-refractivity contribution in [3.05, 3.63) is 64.3 Å². The van der Waals surface area contributed by atoms with Crippen LogP contribution in [-0.2, 0) is 26.7 Å². The zero-order valence-corrected chi connectivity index (χ0v) is 24.7. The van der Waals surface area contributed by atoms with Crippen molar-refractivity contribution in [3.8, 4) is 0 Å². The second-order valence-corrected chi connectivity index (χ2v) is 13.4. The van der Waals surface area contributed by atoms with E-state index in [4.69, 9.17) is 0 Å². The van der Waals surface area contributed by atoms with Gasteiger partial charge in [-0.15, -0.1) is 11.3 Å². The monoisotopic (exact) mass is 593 g/mol. The second-order valence-electron chi connectivity index (χ2n) is 11.3. The van der Waals surface area contributed by atoms with E-state index >= 15 is 0 Å². The van der Waals surface area contributed by atoms with Crippen LogP contribution in [0.2, 0.25) is 0 Å². The van der Waals surface area contributed by atoms with Crippen molar-refractivity contribution >= 4 is 47.2 Å². The molecule has 214 valence electrons. The lowest BCUT2D eigenvalue weighted by Crippen LogP contribution is -2.58. The molecule has 1 aromatic carbocycles. The van der Waals surface area contributed by atoms with Crippen LogP contribution >= 0.6 is 19.4 Å². The molecule has 11 heteroatoms. The number of benzene rings is 1. The minimum absolute atomic E-state index is 0.0101. The topological polar surface area (TPSA) is 120 Å². The molecule has 5 heterocycles. The maximum absolute atomic E-state index is 13.8. The number of likely N-dealkylation sites (tertiary alicyclic amines) is 1. The van der Waals surface area contributed by atoms with Crippen LogP contribution in [0, 0.1) is 0 Å². The van der Waals surface area contributed by atoms with Gasteiger partial charge < -0.3 is 15.1 Å². The Kier molecular flexibility index (Phi) is 7.90. The van der Waals surface area contributed by atoms with E-state index in [0.29, 0.717) is 30.8 Å². The van der Waals surface area contributed by atoms with Crippen LogP contribution in [0.3, 0.4) is 0 Å². The fraction of sp³-hybridized carbons (Fsp3) is 0.467. The molecule has 1 unspecified atom stereocenters. The van der Waals surface area contributed by atoms with Gasteiger partial charge in [0, 0.05) is 47.7 Å². The minimum atomic E-state index is -2.29. The summed E-state index contributed by atoms with van der Waals surface area (Å²) >= 11 is 1.33. The molecule has 4 atom stereocenters. The molecule has 3 aliphatic rings. The number of nitrogens with one attached hydrogen (secondary N) is 1. The van der Waals surface area contributed by atoms with Gasteiger partial charge in [-0.3, -0.25) is 19.4 Å². The predicted octanol–water partition coefficient (Wildman–Crippen LogP) is 4.36. The summed E-state index contributed by atoms with van der Waals surface area (Å²) in [5.41, 5.74) is 3.21. The summed E-state index contributed by atoms with van der Waals surface area (Å²) in [6.45, 7) is 3.41. The van der Waals surface area contributed by atoms with E-state index in [1.807, 2.05) is 35.5 Å². The van der Waals surface area contributed by atoms with E-state index in [1.54, 1.807) is 17.0 Å². The number of fused-ring (bicyclic) bond motifs is 2. The lowest BCUT2D eigenvalue weighted by molar-refractivity contribution is -0.148. The molecule has 41 heavy (non-hydrogen) atoms. The Hall–Kier alpha value is -3.20. The molecule has 3 aromatic rings. The number of thiophene rings is 1. The van der Waals surface area contributed by atoms with E-state index in [1.165, 1.54) is 22.5 Å². The first-order chi connectivity index (χ1) is 19.8. The smallest absolute Gasteiger partial charge is 0.340 e. The van der Waals surface area contributed by atoms with Gasteiger partial charge in [0.25, 0.3) is 5.91 Å².